The number of fused-ring (bicyclic) bond motifs is 2. The predicted molar refractivity (Wildman–Crippen MR) is 151 cm³/mol. The van der Waals surface area contributed by atoms with Gasteiger partial charge in [0.05, 0.1) is 24.1 Å². The van der Waals surface area contributed by atoms with E-state index in [0.717, 1.165) is 44.6 Å². The molecular weight excluding hydrogens is 490 g/mol. The molecule has 1 unspecified atom stereocenters. The summed E-state index contributed by atoms with van der Waals surface area (Å²) in [6.45, 7) is 5.82. The highest BCUT2D eigenvalue weighted by Gasteiger charge is 2.17. The molecule has 0 radical (unpaired) electrons. The lowest BCUT2D eigenvalue weighted by Crippen LogP contribution is -2.35. The van der Waals surface area contributed by atoms with Crippen molar-refractivity contribution in [2.45, 2.75) is 26.8 Å². The number of likely N-dealkylation sites (N-methyl/N-ethyl adjacent to an activating group) is 1. The number of carbonyl (C=O) groups excluding carboxylic acids is 1. The van der Waals surface area contributed by atoms with Gasteiger partial charge in [0, 0.05) is 34.1 Å². The number of pyridine rings is 3. The van der Waals surface area contributed by atoms with E-state index in [1.165, 1.54) is 0 Å². The average molecular weight is 518 g/mol. The number of aromatic nitrogens is 7. The SMILES string of the molecule is CNC(C)C(=O)Nc1cc(-c2cnc3cccc(C)n23)cc(-n2cc(-c3ccc4c(C)nccc4c3)nn2)n1. The van der Waals surface area contributed by atoms with Crippen molar-refractivity contribution in [1.29, 1.82) is 0 Å². The monoisotopic (exact) mass is 517 g/mol. The fourth-order valence-corrected chi connectivity index (χ4v) is 4.61. The maximum absolute atomic E-state index is 12.7. The predicted octanol–water partition coefficient (Wildman–Crippen LogP) is 4.36. The zero-order valence-corrected chi connectivity index (χ0v) is 22.0. The van der Waals surface area contributed by atoms with Crippen molar-refractivity contribution in [3.63, 3.8) is 0 Å². The minimum Gasteiger partial charge on any atom is -0.309 e. The summed E-state index contributed by atoms with van der Waals surface area (Å²) >= 11 is 0. The number of aryl methyl sites for hydroxylation is 2. The van der Waals surface area contributed by atoms with Crippen LogP contribution >= 0.6 is 0 Å². The van der Waals surface area contributed by atoms with Crippen LogP contribution in [0.2, 0.25) is 0 Å². The largest absolute Gasteiger partial charge is 0.309 e. The van der Waals surface area contributed by atoms with Crippen molar-refractivity contribution in [2.24, 2.45) is 0 Å². The summed E-state index contributed by atoms with van der Waals surface area (Å²) < 4.78 is 3.69. The van der Waals surface area contributed by atoms with Crippen LogP contribution in [0.25, 0.3) is 44.8 Å². The van der Waals surface area contributed by atoms with E-state index < -0.39 is 0 Å². The first-order chi connectivity index (χ1) is 18.9. The Labute approximate surface area is 224 Å². The molecule has 10 nitrogen and oxygen atoms in total. The Kier molecular flexibility index (Phi) is 6.08. The number of amides is 1. The Morgan fingerprint density at radius 3 is 2.72 bits per heavy atom. The smallest absolute Gasteiger partial charge is 0.242 e. The number of carbonyl (C=O) groups is 1. The Morgan fingerprint density at radius 2 is 1.87 bits per heavy atom. The average Bonchev–Trinajstić information content (AvgIpc) is 3.61. The quantitative estimate of drug-likeness (QED) is 0.337. The van der Waals surface area contributed by atoms with Crippen LogP contribution in [0, 0.1) is 13.8 Å². The molecule has 5 aromatic heterocycles. The minimum absolute atomic E-state index is 0.192. The van der Waals surface area contributed by atoms with E-state index in [4.69, 9.17) is 4.98 Å². The zero-order valence-electron chi connectivity index (χ0n) is 22.0. The highest BCUT2D eigenvalue weighted by Crippen LogP contribution is 2.28. The van der Waals surface area contributed by atoms with Crippen LogP contribution in [0.1, 0.15) is 18.3 Å². The van der Waals surface area contributed by atoms with Crippen LogP contribution in [0.4, 0.5) is 5.82 Å². The molecule has 6 rings (SSSR count). The Bertz CT molecular complexity index is 1850. The third-order valence-corrected chi connectivity index (χ3v) is 6.90. The van der Waals surface area contributed by atoms with Crippen molar-refractivity contribution in [3.8, 4) is 28.3 Å². The van der Waals surface area contributed by atoms with Crippen molar-refractivity contribution in [3.05, 3.63) is 84.6 Å². The third kappa shape index (κ3) is 4.51. The first-order valence-corrected chi connectivity index (χ1v) is 12.6. The second-order valence-electron chi connectivity index (χ2n) is 9.48. The summed E-state index contributed by atoms with van der Waals surface area (Å²) in [7, 11) is 1.74. The van der Waals surface area contributed by atoms with Crippen LogP contribution in [-0.2, 0) is 4.79 Å². The number of hydrogen-bond acceptors (Lipinski definition) is 7. The number of benzene rings is 1. The third-order valence-electron chi connectivity index (χ3n) is 6.90. The van der Waals surface area contributed by atoms with Crippen molar-refractivity contribution in [1.82, 2.24) is 39.7 Å². The molecule has 0 saturated carbocycles. The number of rotatable bonds is 6. The molecular formula is C29H27N9O. The zero-order chi connectivity index (χ0) is 27.1. The van der Waals surface area contributed by atoms with Crippen LogP contribution in [-0.4, -0.2) is 53.3 Å². The molecule has 1 amide bonds. The lowest BCUT2D eigenvalue weighted by atomic mass is 10.1. The molecule has 0 fully saturated rings. The number of nitrogens with zero attached hydrogens (tertiary/aromatic N) is 7. The van der Waals surface area contributed by atoms with Gasteiger partial charge < -0.3 is 10.6 Å². The molecule has 0 spiro atoms. The topological polar surface area (TPSA) is 115 Å². The van der Waals surface area contributed by atoms with Gasteiger partial charge in [-0.25, -0.2) is 14.6 Å². The van der Waals surface area contributed by atoms with E-state index in [0.29, 0.717) is 17.3 Å². The molecule has 0 aliphatic rings. The Balaban J connectivity index is 1.44. The van der Waals surface area contributed by atoms with E-state index in [9.17, 15) is 4.79 Å². The van der Waals surface area contributed by atoms with Crippen molar-refractivity contribution in [2.75, 3.05) is 12.4 Å². The molecule has 0 aliphatic heterocycles. The number of hydrogen-bond donors (Lipinski definition) is 2. The first-order valence-electron chi connectivity index (χ1n) is 12.6. The van der Waals surface area contributed by atoms with E-state index >= 15 is 0 Å². The van der Waals surface area contributed by atoms with Gasteiger partial charge in [0.2, 0.25) is 5.91 Å². The van der Waals surface area contributed by atoms with Gasteiger partial charge in [-0.05, 0) is 69.6 Å². The van der Waals surface area contributed by atoms with Gasteiger partial charge in [-0.15, -0.1) is 5.10 Å². The molecule has 1 atom stereocenters. The molecule has 0 saturated heterocycles. The van der Waals surface area contributed by atoms with Gasteiger partial charge in [0.1, 0.15) is 17.2 Å². The maximum Gasteiger partial charge on any atom is 0.242 e. The standard InChI is InChI=1S/C29H27N9O/c1-17-6-5-7-27-32-15-25(38(17)27)22-13-26(34-29(39)19(3)30-4)33-28(14-22)37-16-24(35-36-37)21-8-9-23-18(2)31-11-10-20(23)12-21/h5-16,19,30H,1-4H3,(H,33,34,39). The summed E-state index contributed by atoms with van der Waals surface area (Å²) in [6, 6.07) is 17.5. The fraction of sp³-hybridized carbons (Fsp3) is 0.172. The molecule has 10 heteroatoms. The molecule has 5 heterocycles. The van der Waals surface area contributed by atoms with E-state index in [-0.39, 0.29) is 11.9 Å². The van der Waals surface area contributed by atoms with Gasteiger partial charge in [-0.3, -0.25) is 14.2 Å². The van der Waals surface area contributed by atoms with Crippen LogP contribution in [0.5, 0.6) is 0 Å². The molecule has 39 heavy (non-hydrogen) atoms. The summed E-state index contributed by atoms with van der Waals surface area (Å²) in [5.74, 6) is 0.731. The number of nitrogens with one attached hydrogen (secondary N) is 2. The number of imidazole rings is 1. The van der Waals surface area contributed by atoms with Gasteiger partial charge in [-0.2, -0.15) is 0 Å². The normalized spacial score (nSPS) is 12.2. The van der Waals surface area contributed by atoms with Crippen molar-refractivity contribution >= 4 is 28.1 Å². The summed E-state index contributed by atoms with van der Waals surface area (Å²) in [5, 5.41) is 16.9. The molecule has 1 aromatic carbocycles. The summed E-state index contributed by atoms with van der Waals surface area (Å²) in [6.07, 6.45) is 5.46. The molecule has 0 aliphatic carbocycles. The number of anilines is 1. The Hall–Kier alpha value is -4.96. The minimum atomic E-state index is -0.387. The highest BCUT2D eigenvalue weighted by molar-refractivity contribution is 5.94. The molecule has 194 valence electrons. The lowest BCUT2D eigenvalue weighted by Gasteiger charge is -2.13. The van der Waals surface area contributed by atoms with Crippen molar-refractivity contribution < 1.29 is 4.79 Å². The van der Waals surface area contributed by atoms with Gasteiger partial charge in [0.25, 0.3) is 0 Å². The maximum atomic E-state index is 12.7. The second kappa shape index (κ2) is 9.73. The first kappa shape index (κ1) is 24.4. The lowest BCUT2D eigenvalue weighted by molar-refractivity contribution is -0.117. The van der Waals surface area contributed by atoms with Crippen LogP contribution in [0.3, 0.4) is 0 Å². The summed E-state index contributed by atoms with van der Waals surface area (Å²) in [5.41, 5.74) is 6.21. The van der Waals surface area contributed by atoms with Crippen LogP contribution < -0.4 is 10.6 Å². The van der Waals surface area contributed by atoms with Gasteiger partial charge >= 0.3 is 0 Å². The molecule has 6 aromatic rings. The molecule has 2 N–H and O–H groups in total. The van der Waals surface area contributed by atoms with E-state index in [2.05, 4.69) is 47.4 Å². The summed E-state index contributed by atoms with van der Waals surface area (Å²) in [4.78, 5) is 26.4. The van der Waals surface area contributed by atoms with Crippen LogP contribution in [0.15, 0.2) is 73.2 Å². The van der Waals surface area contributed by atoms with Gasteiger partial charge in [0.15, 0.2) is 5.82 Å². The van der Waals surface area contributed by atoms with Gasteiger partial charge in [-0.1, -0.05) is 23.4 Å². The highest BCUT2D eigenvalue weighted by atomic mass is 16.2. The van der Waals surface area contributed by atoms with E-state index in [1.807, 2.05) is 68.7 Å². The fourth-order valence-electron chi connectivity index (χ4n) is 4.61. The Morgan fingerprint density at radius 1 is 1.00 bits per heavy atom. The van der Waals surface area contributed by atoms with E-state index in [1.54, 1.807) is 24.9 Å². The second-order valence-corrected chi connectivity index (χ2v) is 9.48. The molecule has 0 bridgehead atoms.